The number of ketones is 1. The van der Waals surface area contributed by atoms with Crippen molar-refractivity contribution in [3.05, 3.63) is 102 Å². The lowest BCUT2D eigenvalue weighted by Gasteiger charge is -2.25. The van der Waals surface area contributed by atoms with Crippen molar-refractivity contribution in [2.24, 2.45) is 0 Å². The first-order chi connectivity index (χ1) is 15.1. The second kappa shape index (κ2) is 7.25. The third kappa shape index (κ3) is 3.00. The summed E-state index contributed by atoms with van der Waals surface area (Å²) in [5.74, 6) is -1.62. The molecular formula is C25H19N3O3. The van der Waals surface area contributed by atoms with Crippen LogP contribution in [0.3, 0.4) is 0 Å². The number of fused-ring (bicyclic) bond motifs is 1. The Morgan fingerprint density at radius 2 is 1.81 bits per heavy atom. The average molecular weight is 409 g/mol. The SMILES string of the molecule is Cc1ccc(N2C(=O)C(=O)/C(=C(\O)c3c[nH]c4ccccc34)C2c2cccnc2)cc1. The fourth-order valence-electron chi connectivity index (χ4n) is 4.07. The van der Waals surface area contributed by atoms with E-state index >= 15 is 0 Å². The maximum absolute atomic E-state index is 13.2. The summed E-state index contributed by atoms with van der Waals surface area (Å²) in [6, 6.07) is 17.6. The zero-order valence-electron chi connectivity index (χ0n) is 16.7. The highest BCUT2D eigenvalue weighted by Crippen LogP contribution is 2.42. The number of nitrogens with zero attached hydrogens (tertiary/aromatic N) is 2. The van der Waals surface area contributed by atoms with E-state index in [0.29, 0.717) is 16.8 Å². The number of aromatic amines is 1. The van der Waals surface area contributed by atoms with E-state index in [-0.39, 0.29) is 11.3 Å². The van der Waals surface area contributed by atoms with E-state index in [0.717, 1.165) is 16.5 Å². The van der Waals surface area contributed by atoms with E-state index in [1.165, 1.54) is 4.90 Å². The van der Waals surface area contributed by atoms with Crippen LogP contribution in [0.15, 0.2) is 84.8 Å². The molecule has 2 aromatic heterocycles. The number of Topliss-reactive ketones (excluding diaryl/α,β-unsaturated/α-hetero) is 1. The lowest BCUT2D eigenvalue weighted by molar-refractivity contribution is -0.132. The van der Waals surface area contributed by atoms with E-state index in [9.17, 15) is 14.7 Å². The quantitative estimate of drug-likeness (QED) is 0.296. The summed E-state index contributed by atoms with van der Waals surface area (Å²) >= 11 is 0. The summed E-state index contributed by atoms with van der Waals surface area (Å²) in [7, 11) is 0. The first-order valence-corrected chi connectivity index (χ1v) is 9.90. The number of aliphatic hydroxyl groups excluding tert-OH is 1. The number of benzene rings is 2. The van der Waals surface area contributed by atoms with Gasteiger partial charge in [-0.25, -0.2) is 0 Å². The molecule has 1 fully saturated rings. The Bertz CT molecular complexity index is 1340. The van der Waals surface area contributed by atoms with Gasteiger partial charge in [-0.1, -0.05) is 42.0 Å². The fraction of sp³-hybridized carbons (Fsp3) is 0.0800. The van der Waals surface area contributed by atoms with Crippen LogP contribution in [0.5, 0.6) is 0 Å². The van der Waals surface area contributed by atoms with Crippen molar-refractivity contribution in [3.63, 3.8) is 0 Å². The zero-order chi connectivity index (χ0) is 21.5. The van der Waals surface area contributed by atoms with Gasteiger partial charge in [-0.05, 0) is 36.8 Å². The number of H-pyrrole nitrogens is 1. The summed E-state index contributed by atoms with van der Waals surface area (Å²) < 4.78 is 0. The van der Waals surface area contributed by atoms with Gasteiger partial charge in [0, 0.05) is 40.7 Å². The van der Waals surface area contributed by atoms with Crippen molar-refractivity contribution in [1.29, 1.82) is 0 Å². The van der Waals surface area contributed by atoms with Crippen LogP contribution in [0.25, 0.3) is 16.7 Å². The number of aliphatic hydroxyl groups is 1. The van der Waals surface area contributed by atoms with Gasteiger partial charge in [-0.2, -0.15) is 0 Å². The second-order valence-electron chi connectivity index (χ2n) is 7.54. The number of hydrogen-bond acceptors (Lipinski definition) is 4. The Balaban J connectivity index is 1.75. The first-order valence-electron chi connectivity index (χ1n) is 9.90. The summed E-state index contributed by atoms with van der Waals surface area (Å²) in [4.78, 5) is 35.0. The molecule has 1 aliphatic heterocycles. The maximum Gasteiger partial charge on any atom is 0.300 e. The highest BCUT2D eigenvalue weighted by Gasteiger charge is 2.47. The van der Waals surface area contributed by atoms with Crippen LogP contribution in [-0.2, 0) is 9.59 Å². The number of hydrogen-bond donors (Lipinski definition) is 2. The van der Waals surface area contributed by atoms with Crippen LogP contribution in [-0.4, -0.2) is 26.8 Å². The summed E-state index contributed by atoms with van der Waals surface area (Å²) in [5, 5.41) is 12.0. The number of aryl methyl sites for hydroxylation is 1. The molecule has 0 aliphatic carbocycles. The number of rotatable bonds is 3. The van der Waals surface area contributed by atoms with Crippen LogP contribution in [0.2, 0.25) is 0 Å². The molecule has 4 aromatic rings. The predicted molar refractivity (Wildman–Crippen MR) is 118 cm³/mol. The number of nitrogens with one attached hydrogen (secondary N) is 1. The molecule has 2 N–H and O–H groups in total. The van der Waals surface area contributed by atoms with Crippen molar-refractivity contribution in [2.75, 3.05) is 4.90 Å². The van der Waals surface area contributed by atoms with Gasteiger partial charge >= 0.3 is 0 Å². The Kier molecular flexibility index (Phi) is 4.40. The molecule has 1 amide bonds. The van der Waals surface area contributed by atoms with Gasteiger partial charge < -0.3 is 10.1 Å². The molecule has 6 nitrogen and oxygen atoms in total. The molecule has 1 aliphatic rings. The van der Waals surface area contributed by atoms with Crippen molar-refractivity contribution in [2.45, 2.75) is 13.0 Å². The molecule has 6 heteroatoms. The maximum atomic E-state index is 13.2. The normalized spacial score (nSPS) is 18.1. The Morgan fingerprint density at radius 1 is 1.03 bits per heavy atom. The van der Waals surface area contributed by atoms with Gasteiger partial charge in [0.1, 0.15) is 5.76 Å². The van der Waals surface area contributed by atoms with E-state index in [1.54, 1.807) is 42.9 Å². The standard InChI is InChI=1S/C25H19N3O3/c1-15-8-10-17(11-9-15)28-22(16-5-4-12-26-13-16)21(24(30)25(28)31)23(29)19-14-27-20-7-3-2-6-18(19)20/h2-14,22,27,29H,1H3/b23-21-. The molecule has 0 bridgehead atoms. The Labute approximate surface area is 178 Å². The van der Waals surface area contributed by atoms with Gasteiger partial charge in [0.25, 0.3) is 11.7 Å². The molecule has 152 valence electrons. The van der Waals surface area contributed by atoms with Gasteiger partial charge in [-0.15, -0.1) is 0 Å². The van der Waals surface area contributed by atoms with Crippen molar-refractivity contribution in [3.8, 4) is 0 Å². The molecule has 3 heterocycles. The highest BCUT2D eigenvalue weighted by atomic mass is 16.3. The lowest BCUT2D eigenvalue weighted by Crippen LogP contribution is -2.29. The predicted octanol–water partition coefficient (Wildman–Crippen LogP) is 4.50. The molecule has 1 unspecified atom stereocenters. The first kappa shape index (κ1) is 18.8. The van der Waals surface area contributed by atoms with Crippen LogP contribution in [0, 0.1) is 6.92 Å². The van der Waals surface area contributed by atoms with Crippen molar-refractivity contribution < 1.29 is 14.7 Å². The smallest absolute Gasteiger partial charge is 0.300 e. The topological polar surface area (TPSA) is 86.3 Å². The van der Waals surface area contributed by atoms with Gasteiger partial charge in [0.15, 0.2) is 0 Å². The molecular weight excluding hydrogens is 390 g/mol. The number of amides is 1. The minimum absolute atomic E-state index is 0.0447. The fourth-order valence-corrected chi connectivity index (χ4v) is 4.07. The molecule has 1 saturated heterocycles. The summed E-state index contributed by atoms with van der Waals surface area (Å²) in [5.41, 5.74) is 3.62. The van der Waals surface area contributed by atoms with Crippen LogP contribution >= 0.6 is 0 Å². The van der Waals surface area contributed by atoms with E-state index in [1.807, 2.05) is 43.3 Å². The minimum atomic E-state index is -0.787. The van der Waals surface area contributed by atoms with Crippen molar-refractivity contribution >= 4 is 34.0 Å². The largest absolute Gasteiger partial charge is 0.507 e. The number of carbonyl (C=O) groups excluding carboxylic acids is 2. The van der Waals surface area contributed by atoms with Crippen LogP contribution in [0.1, 0.15) is 22.7 Å². The summed E-state index contributed by atoms with van der Waals surface area (Å²) in [6.45, 7) is 1.95. The third-order valence-electron chi connectivity index (χ3n) is 5.60. The average Bonchev–Trinajstić information content (AvgIpc) is 3.34. The molecule has 5 rings (SSSR count). The number of anilines is 1. The molecule has 1 atom stereocenters. The summed E-state index contributed by atoms with van der Waals surface area (Å²) in [6.07, 6.45) is 4.89. The zero-order valence-corrected chi connectivity index (χ0v) is 16.7. The molecule has 0 saturated carbocycles. The van der Waals surface area contributed by atoms with E-state index in [4.69, 9.17) is 0 Å². The number of carbonyl (C=O) groups is 2. The molecule has 2 aromatic carbocycles. The monoisotopic (exact) mass is 409 g/mol. The van der Waals surface area contributed by atoms with E-state index in [2.05, 4.69) is 9.97 Å². The molecule has 0 spiro atoms. The minimum Gasteiger partial charge on any atom is -0.507 e. The number of para-hydroxylation sites is 1. The second-order valence-corrected chi connectivity index (χ2v) is 7.54. The number of pyridine rings is 1. The van der Waals surface area contributed by atoms with Gasteiger partial charge in [-0.3, -0.25) is 19.5 Å². The van der Waals surface area contributed by atoms with Crippen LogP contribution in [0.4, 0.5) is 5.69 Å². The molecule has 31 heavy (non-hydrogen) atoms. The highest BCUT2D eigenvalue weighted by molar-refractivity contribution is 6.51. The van der Waals surface area contributed by atoms with Crippen molar-refractivity contribution in [1.82, 2.24) is 9.97 Å². The van der Waals surface area contributed by atoms with Gasteiger partial charge in [0.05, 0.1) is 11.6 Å². The number of aromatic nitrogens is 2. The van der Waals surface area contributed by atoms with Crippen LogP contribution < -0.4 is 4.90 Å². The van der Waals surface area contributed by atoms with E-state index < -0.39 is 17.7 Å². The third-order valence-corrected chi connectivity index (χ3v) is 5.60. The van der Waals surface area contributed by atoms with Gasteiger partial charge in [0.2, 0.25) is 0 Å². The Hall–Kier alpha value is -4.19. The Morgan fingerprint density at radius 3 is 2.55 bits per heavy atom. The lowest BCUT2D eigenvalue weighted by atomic mass is 9.96. The molecule has 0 radical (unpaired) electrons.